The number of pyridine rings is 1. The number of carbonyl (C=O) groups excluding carboxylic acids is 1. The van der Waals surface area contributed by atoms with E-state index in [9.17, 15) is 4.79 Å². The molecule has 36 heavy (non-hydrogen) atoms. The Morgan fingerprint density at radius 3 is 2.47 bits per heavy atom. The molecule has 1 amide bonds. The second-order valence-corrected chi connectivity index (χ2v) is 8.59. The highest BCUT2D eigenvalue weighted by Crippen LogP contribution is 2.29. The highest BCUT2D eigenvalue weighted by atomic mass is 16.1. The summed E-state index contributed by atoms with van der Waals surface area (Å²) in [6.07, 6.45) is 7.72. The average Bonchev–Trinajstić information content (AvgIpc) is 2.94. The van der Waals surface area contributed by atoms with E-state index in [1.54, 1.807) is 30.9 Å². The summed E-state index contributed by atoms with van der Waals surface area (Å²) in [4.78, 5) is 25.0. The molecule has 0 atom stereocenters. The molecular formula is C30H27N5O. The third-order valence-electron chi connectivity index (χ3n) is 6.05. The van der Waals surface area contributed by atoms with Crippen molar-refractivity contribution < 1.29 is 4.79 Å². The first-order chi connectivity index (χ1) is 17.8. The predicted molar refractivity (Wildman–Crippen MR) is 144 cm³/mol. The first-order valence-corrected chi connectivity index (χ1v) is 12.1. The van der Waals surface area contributed by atoms with E-state index in [0.29, 0.717) is 12.1 Å². The summed E-state index contributed by atoms with van der Waals surface area (Å²) in [7, 11) is 0. The van der Waals surface area contributed by atoms with Crippen LogP contribution in [0.15, 0.2) is 104 Å². The zero-order chi connectivity index (χ0) is 24.6. The van der Waals surface area contributed by atoms with Crippen LogP contribution in [0.3, 0.4) is 0 Å². The third kappa shape index (κ3) is 5.73. The summed E-state index contributed by atoms with van der Waals surface area (Å²) in [6, 6.07) is 28.4. The average molecular weight is 474 g/mol. The zero-order valence-corrected chi connectivity index (χ0v) is 19.9. The summed E-state index contributed by atoms with van der Waals surface area (Å²) in [6.45, 7) is 0.655. The Kier molecular flexibility index (Phi) is 7.23. The van der Waals surface area contributed by atoms with Gasteiger partial charge in [0.15, 0.2) is 0 Å². The Morgan fingerprint density at radius 1 is 0.778 bits per heavy atom. The molecule has 178 valence electrons. The van der Waals surface area contributed by atoms with Crippen LogP contribution < -0.4 is 10.6 Å². The number of benzene rings is 3. The number of carbonyl (C=O) groups is 1. The van der Waals surface area contributed by atoms with Gasteiger partial charge in [-0.3, -0.25) is 9.78 Å². The van der Waals surface area contributed by atoms with Gasteiger partial charge in [-0.2, -0.15) is 0 Å². The van der Waals surface area contributed by atoms with E-state index in [2.05, 4.69) is 62.0 Å². The van der Waals surface area contributed by atoms with Crippen LogP contribution in [0.4, 0.5) is 11.5 Å². The van der Waals surface area contributed by atoms with Crippen molar-refractivity contribution in [2.24, 2.45) is 0 Å². The van der Waals surface area contributed by atoms with Crippen LogP contribution in [-0.4, -0.2) is 27.4 Å². The van der Waals surface area contributed by atoms with Crippen LogP contribution in [0.25, 0.3) is 22.0 Å². The fourth-order valence-electron chi connectivity index (χ4n) is 4.16. The van der Waals surface area contributed by atoms with E-state index < -0.39 is 0 Å². The van der Waals surface area contributed by atoms with Crippen LogP contribution in [-0.2, 0) is 6.42 Å². The van der Waals surface area contributed by atoms with Crippen molar-refractivity contribution in [1.29, 1.82) is 0 Å². The molecule has 0 aliphatic carbocycles. The SMILES string of the molecule is O=C(NCCCCc1cccc(-c2ccc3ncnc(Nc4ccccc4)c3c2)c1)c1ccncc1. The second kappa shape index (κ2) is 11.2. The minimum Gasteiger partial charge on any atom is -0.352 e. The maximum absolute atomic E-state index is 12.1. The summed E-state index contributed by atoms with van der Waals surface area (Å²) >= 11 is 0. The lowest BCUT2D eigenvalue weighted by molar-refractivity contribution is 0.0953. The Balaban J connectivity index is 1.23. The fraction of sp³-hybridized carbons (Fsp3) is 0.133. The molecule has 0 saturated carbocycles. The van der Waals surface area contributed by atoms with E-state index in [-0.39, 0.29) is 5.91 Å². The monoisotopic (exact) mass is 473 g/mol. The number of para-hydroxylation sites is 1. The van der Waals surface area contributed by atoms with Crippen LogP contribution >= 0.6 is 0 Å². The van der Waals surface area contributed by atoms with Crippen LogP contribution in [0.5, 0.6) is 0 Å². The minimum atomic E-state index is -0.0548. The molecular weight excluding hydrogens is 446 g/mol. The second-order valence-electron chi connectivity index (χ2n) is 8.59. The van der Waals surface area contributed by atoms with Gasteiger partial charge in [0.2, 0.25) is 0 Å². The molecule has 2 aromatic heterocycles. The summed E-state index contributed by atoms with van der Waals surface area (Å²) < 4.78 is 0. The minimum absolute atomic E-state index is 0.0548. The van der Waals surface area contributed by atoms with Gasteiger partial charge < -0.3 is 10.6 Å². The number of hydrogen-bond acceptors (Lipinski definition) is 5. The van der Waals surface area contributed by atoms with Crippen molar-refractivity contribution in [2.75, 3.05) is 11.9 Å². The van der Waals surface area contributed by atoms with Crippen molar-refractivity contribution in [1.82, 2.24) is 20.3 Å². The van der Waals surface area contributed by atoms with Crippen molar-refractivity contribution >= 4 is 28.3 Å². The van der Waals surface area contributed by atoms with E-state index >= 15 is 0 Å². The van der Waals surface area contributed by atoms with E-state index in [1.807, 2.05) is 36.4 Å². The van der Waals surface area contributed by atoms with E-state index in [1.165, 1.54) is 5.56 Å². The van der Waals surface area contributed by atoms with Crippen molar-refractivity contribution in [3.63, 3.8) is 0 Å². The van der Waals surface area contributed by atoms with Gasteiger partial charge in [0, 0.05) is 35.6 Å². The number of anilines is 2. The number of aryl methyl sites for hydroxylation is 1. The standard InChI is InChI=1S/C30H27N5O/c36-30(23-14-17-31-18-15-23)32-16-5-4-7-22-8-6-9-24(19-22)25-12-13-28-27(20-25)29(34-21-33-28)35-26-10-2-1-3-11-26/h1-3,6,8-15,17-21H,4-5,7,16H2,(H,32,36)(H,33,34,35). The fourth-order valence-corrected chi connectivity index (χ4v) is 4.16. The Labute approximate surface area is 210 Å². The third-order valence-corrected chi connectivity index (χ3v) is 6.05. The number of aromatic nitrogens is 3. The lowest BCUT2D eigenvalue weighted by Gasteiger charge is -2.11. The molecule has 5 aromatic rings. The first kappa shape index (κ1) is 23.2. The van der Waals surface area contributed by atoms with Gasteiger partial charge in [0.1, 0.15) is 12.1 Å². The summed E-state index contributed by atoms with van der Waals surface area (Å²) in [5, 5.41) is 7.37. The molecule has 6 nitrogen and oxygen atoms in total. The number of amides is 1. The topological polar surface area (TPSA) is 79.8 Å². The van der Waals surface area contributed by atoms with Crippen molar-refractivity contribution in [2.45, 2.75) is 19.3 Å². The Bertz CT molecular complexity index is 1450. The number of rotatable bonds is 9. The lowest BCUT2D eigenvalue weighted by atomic mass is 9.99. The highest BCUT2D eigenvalue weighted by molar-refractivity contribution is 5.94. The molecule has 0 radical (unpaired) electrons. The molecule has 2 heterocycles. The van der Waals surface area contributed by atoms with Gasteiger partial charge in [-0.1, -0.05) is 48.5 Å². The number of hydrogen-bond donors (Lipinski definition) is 2. The quantitative estimate of drug-likeness (QED) is 0.250. The van der Waals surface area contributed by atoms with Crippen LogP contribution in [0.2, 0.25) is 0 Å². The van der Waals surface area contributed by atoms with Crippen molar-refractivity contribution in [3.05, 3.63) is 115 Å². The van der Waals surface area contributed by atoms with Crippen LogP contribution in [0, 0.1) is 0 Å². The van der Waals surface area contributed by atoms with E-state index in [0.717, 1.165) is 52.8 Å². The number of nitrogens with one attached hydrogen (secondary N) is 2. The molecule has 5 rings (SSSR count). The summed E-state index contributed by atoms with van der Waals surface area (Å²) in [5.41, 5.74) is 6.09. The van der Waals surface area contributed by atoms with Crippen LogP contribution in [0.1, 0.15) is 28.8 Å². The predicted octanol–water partition coefficient (Wildman–Crippen LogP) is 6.19. The summed E-state index contributed by atoms with van der Waals surface area (Å²) in [5.74, 6) is 0.735. The molecule has 0 bridgehead atoms. The molecule has 0 aliphatic rings. The Hall–Kier alpha value is -4.58. The van der Waals surface area contributed by atoms with Gasteiger partial charge in [-0.25, -0.2) is 9.97 Å². The first-order valence-electron chi connectivity index (χ1n) is 12.1. The molecule has 0 spiro atoms. The maximum atomic E-state index is 12.1. The Morgan fingerprint density at radius 2 is 1.61 bits per heavy atom. The van der Waals surface area contributed by atoms with Gasteiger partial charge in [0.05, 0.1) is 5.52 Å². The van der Waals surface area contributed by atoms with Gasteiger partial charge in [-0.05, 0) is 72.4 Å². The van der Waals surface area contributed by atoms with E-state index in [4.69, 9.17) is 0 Å². The molecule has 0 fully saturated rings. The molecule has 6 heteroatoms. The lowest BCUT2D eigenvalue weighted by Crippen LogP contribution is -2.24. The van der Waals surface area contributed by atoms with Gasteiger partial charge in [-0.15, -0.1) is 0 Å². The highest BCUT2D eigenvalue weighted by Gasteiger charge is 2.08. The molecule has 0 aliphatic heterocycles. The number of fused-ring (bicyclic) bond motifs is 1. The largest absolute Gasteiger partial charge is 0.352 e. The molecule has 2 N–H and O–H groups in total. The molecule has 0 saturated heterocycles. The maximum Gasteiger partial charge on any atom is 0.251 e. The van der Waals surface area contributed by atoms with Gasteiger partial charge in [0.25, 0.3) is 5.91 Å². The zero-order valence-electron chi connectivity index (χ0n) is 19.9. The smallest absolute Gasteiger partial charge is 0.251 e. The number of nitrogens with zero attached hydrogens (tertiary/aromatic N) is 3. The van der Waals surface area contributed by atoms with Gasteiger partial charge >= 0.3 is 0 Å². The normalized spacial score (nSPS) is 10.8. The number of unbranched alkanes of at least 4 members (excludes halogenated alkanes) is 1. The van der Waals surface area contributed by atoms with Crippen molar-refractivity contribution in [3.8, 4) is 11.1 Å². The molecule has 0 unspecified atom stereocenters. The molecule has 3 aromatic carbocycles.